The summed E-state index contributed by atoms with van der Waals surface area (Å²) in [6.45, 7) is 11.4. The first kappa shape index (κ1) is 34.4. The molecular formula is C33H49F3N2O6S. The fourth-order valence-corrected chi connectivity index (χ4v) is 12.0. The Balaban J connectivity index is 1.24. The van der Waals surface area contributed by atoms with E-state index in [0.717, 1.165) is 69.7 Å². The van der Waals surface area contributed by atoms with Crippen LogP contribution in [0.3, 0.4) is 0 Å². The quantitative estimate of drug-likeness (QED) is 0.303. The van der Waals surface area contributed by atoms with Crippen LogP contribution >= 0.6 is 0 Å². The highest BCUT2D eigenvalue weighted by atomic mass is 32.2. The third kappa shape index (κ3) is 6.01. The molecule has 0 bridgehead atoms. The molecule has 0 saturated heterocycles. The highest BCUT2D eigenvalue weighted by Crippen LogP contribution is 2.72. The van der Waals surface area contributed by atoms with Crippen molar-refractivity contribution < 1.29 is 41.3 Å². The Kier molecular flexibility index (Phi) is 9.14. The van der Waals surface area contributed by atoms with Crippen molar-refractivity contribution >= 4 is 15.9 Å². The Labute approximate surface area is 265 Å². The summed E-state index contributed by atoms with van der Waals surface area (Å²) in [5.74, 6) is 0.109. The van der Waals surface area contributed by atoms with Gasteiger partial charge in [-0.2, -0.15) is 0 Å². The number of carbonyl (C=O) groups is 1. The van der Waals surface area contributed by atoms with Crippen LogP contribution in [0.2, 0.25) is 0 Å². The number of halogens is 3. The molecule has 5 rings (SSSR count). The zero-order valence-electron chi connectivity index (χ0n) is 26.9. The van der Waals surface area contributed by atoms with Gasteiger partial charge in [0.25, 0.3) is 10.0 Å². The first-order valence-electron chi connectivity index (χ1n) is 16.5. The van der Waals surface area contributed by atoms with Gasteiger partial charge in [0, 0.05) is 12.5 Å². The van der Waals surface area contributed by atoms with E-state index >= 15 is 0 Å². The predicted molar refractivity (Wildman–Crippen MR) is 161 cm³/mol. The molecular weight excluding hydrogens is 609 g/mol. The maximum atomic E-state index is 12.8. The number of ether oxygens (including phenoxy) is 1. The van der Waals surface area contributed by atoms with E-state index in [4.69, 9.17) is 0 Å². The average Bonchev–Trinajstić information content (AvgIpc) is 3.29. The van der Waals surface area contributed by atoms with Gasteiger partial charge in [-0.1, -0.05) is 41.0 Å². The predicted octanol–water partition coefficient (Wildman–Crippen LogP) is 6.22. The summed E-state index contributed by atoms with van der Waals surface area (Å²) in [4.78, 5) is 15.7. The Morgan fingerprint density at radius 1 is 1.09 bits per heavy atom. The standard InChI is InChI=1S/C33H49F3N2O6S/c1-6-22-29(41)28-24-10-9-23(30(24,3)15-14-25(28)31(4)16-13-20(39)17-32(22,31)5)19(2)7-11-26(40)38-45(42,43)21-8-12-27(37-18-21)44-33(34,35)36/h8,12,18-20,22-25,28-29,39,41H,6-7,9-11,13-17H2,1-5H3,(H,38,40)/t19-,20-,22+,23-,24?,25?,28?,29?,30-,31-,32+/m1/s1. The molecule has 4 aliphatic carbocycles. The second-order valence-electron chi connectivity index (χ2n) is 15.2. The SMILES string of the molecule is CC[C@H]1C(O)C2C3CC[C@H]([C@H](C)CCC(=O)NS(=O)(=O)c4ccc(OC(F)(F)F)nc4)[C@@]3(C)CCC2[C@@]2(C)CC[C@@H](O)C[C@@]12C. The maximum Gasteiger partial charge on any atom is 0.574 e. The number of fused-ring (bicyclic) bond motifs is 5. The molecule has 1 amide bonds. The van der Waals surface area contributed by atoms with Crippen molar-refractivity contribution in [2.75, 3.05) is 0 Å². The number of alkyl halides is 3. The molecule has 1 heterocycles. The lowest BCUT2D eigenvalue weighted by molar-refractivity contribution is -0.276. The van der Waals surface area contributed by atoms with E-state index in [2.05, 4.69) is 44.3 Å². The van der Waals surface area contributed by atoms with Crippen molar-refractivity contribution in [3.8, 4) is 5.88 Å². The molecule has 4 unspecified atom stereocenters. The van der Waals surface area contributed by atoms with Crippen LogP contribution in [0.1, 0.15) is 98.8 Å². The summed E-state index contributed by atoms with van der Waals surface area (Å²) in [7, 11) is -4.31. The van der Waals surface area contributed by atoms with Crippen molar-refractivity contribution in [1.29, 1.82) is 0 Å². The second kappa shape index (κ2) is 12.0. The Morgan fingerprint density at radius 3 is 2.42 bits per heavy atom. The van der Waals surface area contributed by atoms with Crippen molar-refractivity contribution in [3.63, 3.8) is 0 Å². The molecule has 4 aliphatic rings. The molecule has 12 heteroatoms. The molecule has 1 aromatic heterocycles. The minimum atomic E-state index is -4.96. The minimum Gasteiger partial charge on any atom is -0.393 e. The van der Waals surface area contributed by atoms with E-state index in [0.29, 0.717) is 24.2 Å². The van der Waals surface area contributed by atoms with Gasteiger partial charge in [0.2, 0.25) is 11.8 Å². The summed E-state index contributed by atoms with van der Waals surface area (Å²) in [5.41, 5.74) is -0.0408. The number of pyridine rings is 1. The van der Waals surface area contributed by atoms with Gasteiger partial charge < -0.3 is 14.9 Å². The fourth-order valence-electron chi connectivity index (χ4n) is 11.0. The van der Waals surface area contributed by atoms with Crippen molar-refractivity contribution in [3.05, 3.63) is 18.3 Å². The van der Waals surface area contributed by atoms with E-state index in [1.807, 2.05) is 4.72 Å². The minimum absolute atomic E-state index is 0.00654. The Bertz CT molecular complexity index is 1360. The number of nitrogens with zero attached hydrogens (tertiary/aromatic N) is 1. The highest BCUT2D eigenvalue weighted by Gasteiger charge is 2.68. The summed E-state index contributed by atoms with van der Waals surface area (Å²) < 4.78 is 68.3. The van der Waals surface area contributed by atoms with E-state index in [9.17, 15) is 36.6 Å². The van der Waals surface area contributed by atoms with Crippen LogP contribution in [0.25, 0.3) is 0 Å². The van der Waals surface area contributed by atoms with E-state index in [1.165, 1.54) is 0 Å². The maximum absolute atomic E-state index is 12.8. The fraction of sp³-hybridized carbons (Fsp3) is 0.818. The van der Waals surface area contributed by atoms with Crippen LogP contribution in [0.4, 0.5) is 13.2 Å². The number of aromatic nitrogens is 1. The molecule has 4 fully saturated rings. The van der Waals surface area contributed by atoms with Gasteiger partial charge in [-0.3, -0.25) is 4.79 Å². The number of aliphatic hydroxyl groups excluding tert-OH is 2. The normalized spacial score (nSPS) is 40.5. The molecule has 0 radical (unpaired) electrons. The largest absolute Gasteiger partial charge is 0.574 e. The third-order valence-corrected chi connectivity index (χ3v) is 14.6. The first-order chi connectivity index (χ1) is 20.9. The Morgan fingerprint density at radius 2 is 1.80 bits per heavy atom. The van der Waals surface area contributed by atoms with E-state index < -0.39 is 39.2 Å². The molecule has 0 aromatic carbocycles. The molecule has 8 nitrogen and oxygen atoms in total. The van der Waals surface area contributed by atoms with Crippen molar-refractivity contribution in [1.82, 2.24) is 9.71 Å². The van der Waals surface area contributed by atoms with Crippen LogP contribution in [-0.2, 0) is 14.8 Å². The summed E-state index contributed by atoms with van der Waals surface area (Å²) in [6, 6.07) is 1.69. The summed E-state index contributed by atoms with van der Waals surface area (Å²) in [5, 5.41) is 22.7. The lowest BCUT2D eigenvalue weighted by atomic mass is 9.36. The number of amides is 1. The Hall–Kier alpha value is -1.92. The van der Waals surface area contributed by atoms with E-state index in [-0.39, 0.29) is 46.5 Å². The van der Waals surface area contributed by atoms with Gasteiger partial charge in [-0.15, -0.1) is 13.2 Å². The summed E-state index contributed by atoms with van der Waals surface area (Å²) >= 11 is 0. The van der Waals surface area contributed by atoms with Crippen LogP contribution < -0.4 is 9.46 Å². The van der Waals surface area contributed by atoms with Crippen LogP contribution in [-0.4, -0.2) is 48.1 Å². The topological polar surface area (TPSA) is 126 Å². The average molecular weight is 659 g/mol. The number of aliphatic hydroxyl groups is 2. The number of hydrogen-bond donors (Lipinski definition) is 3. The lowest BCUT2D eigenvalue weighted by Crippen LogP contribution is -2.66. The zero-order chi connectivity index (χ0) is 33.2. The smallest absolute Gasteiger partial charge is 0.393 e. The van der Waals surface area contributed by atoms with Crippen molar-refractivity contribution in [2.45, 2.75) is 122 Å². The van der Waals surface area contributed by atoms with Gasteiger partial charge in [-0.25, -0.2) is 18.1 Å². The lowest BCUT2D eigenvalue weighted by Gasteiger charge is -2.69. The van der Waals surface area contributed by atoms with Crippen LogP contribution in [0.15, 0.2) is 23.2 Å². The number of nitrogens with one attached hydrogen (secondary N) is 1. The summed E-state index contributed by atoms with van der Waals surface area (Å²) in [6.07, 6.45) is 3.06. The number of rotatable bonds is 8. The molecule has 11 atom stereocenters. The third-order valence-electron chi connectivity index (χ3n) is 13.3. The molecule has 0 aliphatic heterocycles. The van der Waals surface area contributed by atoms with Crippen LogP contribution in [0, 0.1) is 51.8 Å². The van der Waals surface area contributed by atoms with E-state index in [1.54, 1.807) is 0 Å². The molecule has 4 saturated carbocycles. The number of hydrogen-bond acceptors (Lipinski definition) is 7. The zero-order valence-corrected chi connectivity index (χ0v) is 27.8. The molecule has 45 heavy (non-hydrogen) atoms. The number of sulfonamides is 1. The van der Waals surface area contributed by atoms with Gasteiger partial charge in [0.05, 0.1) is 18.4 Å². The monoisotopic (exact) mass is 658 g/mol. The van der Waals surface area contributed by atoms with Gasteiger partial charge >= 0.3 is 6.36 Å². The molecule has 254 valence electrons. The first-order valence-corrected chi connectivity index (χ1v) is 18.0. The molecule has 3 N–H and O–H groups in total. The molecule has 0 spiro atoms. The van der Waals surface area contributed by atoms with Gasteiger partial charge in [-0.05, 0) is 109 Å². The molecule has 1 aromatic rings. The van der Waals surface area contributed by atoms with Gasteiger partial charge in [0.15, 0.2) is 0 Å². The van der Waals surface area contributed by atoms with Crippen LogP contribution in [0.5, 0.6) is 5.88 Å². The second-order valence-corrected chi connectivity index (χ2v) is 16.9. The van der Waals surface area contributed by atoms with Gasteiger partial charge in [0.1, 0.15) is 4.90 Å². The van der Waals surface area contributed by atoms with Crippen molar-refractivity contribution in [2.24, 2.45) is 51.8 Å². The highest BCUT2D eigenvalue weighted by molar-refractivity contribution is 7.90. The number of carbonyl (C=O) groups excluding carboxylic acids is 1.